The molecule has 1 aromatic carbocycles. The fourth-order valence-electron chi connectivity index (χ4n) is 2.69. The molecule has 0 atom stereocenters. The van der Waals surface area contributed by atoms with E-state index in [1.807, 2.05) is 13.8 Å². The van der Waals surface area contributed by atoms with Crippen molar-refractivity contribution in [2.24, 2.45) is 0 Å². The summed E-state index contributed by atoms with van der Waals surface area (Å²) in [7, 11) is 0. The molecule has 1 saturated heterocycles. The number of benzene rings is 1. The highest BCUT2D eigenvalue weighted by molar-refractivity contribution is 6.31. The number of ether oxygens (including phenoxy) is 1. The minimum Gasteiger partial charge on any atom is -0.453 e. The number of fused-ring (bicyclic) bond motifs is 1. The van der Waals surface area contributed by atoms with Gasteiger partial charge in [-0.05, 0) is 38.1 Å². The van der Waals surface area contributed by atoms with Crippen molar-refractivity contribution in [3.8, 4) is 0 Å². The van der Waals surface area contributed by atoms with E-state index in [1.54, 1.807) is 24.3 Å². The molecule has 0 bridgehead atoms. The van der Waals surface area contributed by atoms with Crippen molar-refractivity contribution in [2.75, 3.05) is 26.3 Å². The van der Waals surface area contributed by atoms with Gasteiger partial charge in [-0.25, -0.2) is 0 Å². The molecule has 2 heterocycles. The second-order valence-electron chi connectivity index (χ2n) is 5.78. The van der Waals surface area contributed by atoms with Gasteiger partial charge < -0.3 is 9.15 Å². The fourth-order valence-corrected chi connectivity index (χ4v) is 2.87. The molecule has 1 fully saturated rings. The molecule has 0 saturated carbocycles. The van der Waals surface area contributed by atoms with Crippen LogP contribution in [-0.4, -0.2) is 42.5 Å². The van der Waals surface area contributed by atoms with E-state index in [0.29, 0.717) is 29.6 Å². The van der Waals surface area contributed by atoms with Crippen LogP contribution in [0.2, 0.25) is 5.02 Å². The van der Waals surface area contributed by atoms with E-state index in [1.165, 1.54) is 0 Å². The van der Waals surface area contributed by atoms with Gasteiger partial charge in [-0.1, -0.05) is 11.6 Å². The summed E-state index contributed by atoms with van der Waals surface area (Å²) in [6.45, 7) is 6.69. The summed E-state index contributed by atoms with van der Waals surface area (Å²) in [5.41, 5.74) is 0.0714. The van der Waals surface area contributed by atoms with Crippen LogP contribution < -0.4 is 0 Å². The second-order valence-corrected chi connectivity index (χ2v) is 6.22. The lowest BCUT2D eigenvalue weighted by atomic mass is 9.94. The van der Waals surface area contributed by atoms with Gasteiger partial charge in [-0.2, -0.15) is 0 Å². The third kappa shape index (κ3) is 2.71. The Morgan fingerprint density at radius 2 is 1.95 bits per heavy atom. The SMILES string of the molecule is CC(C)(C(=O)c1cc2cc(Cl)ccc2o1)N1CCOCC1. The molecule has 1 aromatic heterocycles. The Kier molecular flexibility index (Phi) is 3.78. The van der Waals surface area contributed by atoms with E-state index in [4.69, 9.17) is 20.8 Å². The van der Waals surface area contributed by atoms with Crippen molar-refractivity contribution in [2.45, 2.75) is 19.4 Å². The minimum absolute atomic E-state index is 0.0169. The molecule has 2 aromatic rings. The molecular formula is C16H18ClNO3. The third-order valence-electron chi connectivity index (χ3n) is 4.06. The summed E-state index contributed by atoms with van der Waals surface area (Å²) in [6.07, 6.45) is 0. The van der Waals surface area contributed by atoms with Gasteiger partial charge in [0, 0.05) is 23.5 Å². The average molecular weight is 308 g/mol. The first-order chi connectivity index (χ1) is 9.98. The Balaban J connectivity index is 1.91. The molecule has 4 nitrogen and oxygen atoms in total. The Morgan fingerprint density at radius 3 is 2.67 bits per heavy atom. The maximum absolute atomic E-state index is 12.8. The average Bonchev–Trinajstić information content (AvgIpc) is 2.90. The number of ketones is 1. The van der Waals surface area contributed by atoms with Gasteiger partial charge in [0.25, 0.3) is 0 Å². The van der Waals surface area contributed by atoms with Crippen LogP contribution in [0.25, 0.3) is 11.0 Å². The summed E-state index contributed by atoms with van der Waals surface area (Å²) in [4.78, 5) is 14.9. The van der Waals surface area contributed by atoms with E-state index < -0.39 is 5.54 Å². The second kappa shape index (κ2) is 5.44. The van der Waals surface area contributed by atoms with E-state index >= 15 is 0 Å². The standard InChI is InChI=1S/C16H18ClNO3/c1-16(2,18-5-7-20-8-6-18)15(19)14-10-11-9-12(17)3-4-13(11)21-14/h3-4,9-10H,5-8H2,1-2H3. The Hall–Kier alpha value is -1.36. The molecule has 0 aliphatic carbocycles. The predicted octanol–water partition coefficient (Wildman–Crippen LogP) is 3.38. The molecule has 3 rings (SSSR count). The highest BCUT2D eigenvalue weighted by Crippen LogP contribution is 2.27. The maximum atomic E-state index is 12.8. The van der Waals surface area contributed by atoms with Crippen LogP contribution in [0.3, 0.4) is 0 Å². The van der Waals surface area contributed by atoms with Crippen molar-refractivity contribution in [3.63, 3.8) is 0 Å². The number of carbonyl (C=O) groups is 1. The molecule has 0 spiro atoms. The quantitative estimate of drug-likeness (QED) is 0.815. The normalized spacial score (nSPS) is 17.3. The Morgan fingerprint density at radius 1 is 1.24 bits per heavy atom. The third-order valence-corrected chi connectivity index (χ3v) is 4.29. The Labute approximate surface area is 128 Å². The monoisotopic (exact) mass is 307 g/mol. The molecule has 5 heteroatoms. The smallest absolute Gasteiger partial charge is 0.217 e. The number of furan rings is 1. The van der Waals surface area contributed by atoms with Crippen LogP contribution >= 0.6 is 11.6 Å². The van der Waals surface area contributed by atoms with Crippen LogP contribution in [0.15, 0.2) is 28.7 Å². The van der Waals surface area contributed by atoms with Gasteiger partial charge in [0.15, 0.2) is 5.76 Å². The van der Waals surface area contributed by atoms with E-state index in [2.05, 4.69) is 4.90 Å². The first-order valence-electron chi connectivity index (χ1n) is 7.05. The van der Waals surface area contributed by atoms with Gasteiger partial charge in [-0.3, -0.25) is 9.69 Å². The van der Waals surface area contributed by atoms with Crippen LogP contribution in [-0.2, 0) is 4.74 Å². The van der Waals surface area contributed by atoms with Crippen LogP contribution in [0.5, 0.6) is 0 Å². The topological polar surface area (TPSA) is 42.7 Å². The molecular weight excluding hydrogens is 290 g/mol. The number of halogens is 1. The molecule has 0 unspecified atom stereocenters. The lowest BCUT2D eigenvalue weighted by Gasteiger charge is -2.38. The summed E-state index contributed by atoms with van der Waals surface area (Å²) in [5.74, 6) is 0.362. The zero-order chi connectivity index (χ0) is 15.0. The first-order valence-corrected chi connectivity index (χ1v) is 7.43. The van der Waals surface area contributed by atoms with Crippen LogP contribution in [0.1, 0.15) is 24.4 Å². The van der Waals surface area contributed by atoms with E-state index in [0.717, 1.165) is 18.5 Å². The zero-order valence-electron chi connectivity index (χ0n) is 12.2. The summed E-state index contributed by atoms with van der Waals surface area (Å²) in [5, 5.41) is 1.48. The maximum Gasteiger partial charge on any atom is 0.217 e. The number of hydrogen-bond donors (Lipinski definition) is 0. The van der Waals surface area contributed by atoms with Crippen molar-refractivity contribution in [1.82, 2.24) is 4.90 Å². The van der Waals surface area contributed by atoms with Crippen molar-refractivity contribution < 1.29 is 13.9 Å². The van der Waals surface area contributed by atoms with Crippen molar-refractivity contribution in [1.29, 1.82) is 0 Å². The molecule has 0 N–H and O–H groups in total. The number of hydrogen-bond acceptors (Lipinski definition) is 4. The number of morpholine rings is 1. The van der Waals surface area contributed by atoms with Crippen LogP contribution in [0, 0.1) is 0 Å². The lowest BCUT2D eigenvalue weighted by Crippen LogP contribution is -2.54. The molecule has 0 radical (unpaired) electrons. The number of rotatable bonds is 3. The first kappa shape index (κ1) is 14.6. The molecule has 1 aliphatic rings. The largest absolute Gasteiger partial charge is 0.453 e. The van der Waals surface area contributed by atoms with Gasteiger partial charge in [0.05, 0.1) is 18.8 Å². The minimum atomic E-state index is -0.610. The zero-order valence-corrected chi connectivity index (χ0v) is 12.9. The summed E-state index contributed by atoms with van der Waals surface area (Å²) >= 11 is 5.97. The number of Topliss-reactive ketones (excluding diaryl/α,β-unsaturated/α-hetero) is 1. The summed E-state index contributed by atoms with van der Waals surface area (Å²) in [6, 6.07) is 7.12. The fraction of sp³-hybridized carbons (Fsp3) is 0.438. The highest BCUT2D eigenvalue weighted by atomic mass is 35.5. The van der Waals surface area contributed by atoms with E-state index in [-0.39, 0.29) is 5.78 Å². The van der Waals surface area contributed by atoms with Crippen molar-refractivity contribution >= 4 is 28.4 Å². The lowest BCUT2D eigenvalue weighted by molar-refractivity contribution is -0.00514. The van der Waals surface area contributed by atoms with Crippen LogP contribution in [0.4, 0.5) is 0 Å². The predicted molar refractivity (Wildman–Crippen MR) is 82.0 cm³/mol. The molecule has 0 amide bonds. The highest BCUT2D eigenvalue weighted by Gasteiger charge is 2.37. The number of carbonyl (C=O) groups excluding carboxylic acids is 1. The summed E-state index contributed by atoms with van der Waals surface area (Å²) < 4.78 is 11.0. The van der Waals surface area contributed by atoms with Gasteiger partial charge in [0.1, 0.15) is 5.58 Å². The van der Waals surface area contributed by atoms with Gasteiger partial charge in [-0.15, -0.1) is 0 Å². The molecule has 21 heavy (non-hydrogen) atoms. The molecule has 112 valence electrons. The van der Waals surface area contributed by atoms with E-state index in [9.17, 15) is 4.79 Å². The van der Waals surface area contributed by atoms with Crippen molar-refractivity contribution in [3.05, 3.63) is 35.0 Å². The molecule has 1 aliphatic heterocycles. The Bertz CT molecular complexity index is 671. The van der Waals surface area contributed by atoms with Gasteiger partial charge in [0.2, 0.25) is 5.78 Å². The number of nitrogens with zero attached hydrogens (tertiary/aromatic N) is 1. The van der Waals surface area contributed by atoms with Gasteiger partial charge >= 0.3 is 0 Å².